The van der Waals surface area contributed by atoms with Crippen LogP contribution >= 0.6 is 47.8 Å². The van der Waals surface area contributed by atoms with E-state index in [-0.39, 0.29) is 0 Å². The molecule has 1 aliphatic heterocycles. The lowest BCUT2D eigenvalue weighted by molar-refractivity contribution is 0.423. The smallest absolute Gasteiger partial charge is 0.0656 e. The molecule has 1 unspecified atom stereocenters. The van der Waals surface area contributed by atoms with E-state index in [9.17, 15) is 0 Å². The fourth-order valence-electron chi connectivity index (χ4n) is 2.53. The van der Waals surface area contributed by atoms with Crippen molar-refractivity contribution in [2.75, 3.05) is 24.5 Å². The van der Waals surface area contributed by atoms with Gasteiger partial charge in [0, 0.05) is 32.5 Å². The first-order valence-corrected chi connectivity index (χ1v) is 9.12. The summed E-state index contributed by atoms with van der Waals surface area (Å²) in [6, 6.07) is 4.84. The van der Waals surface area contributed by atoms with E-state index in [0.29, 0.717) is 6.04 Å². The van der Waals surface area contributed by atoms with Gasteiger partial charge >= 0.3 is 0 Å². The first-order chi connectivity index (χ1) is 9.11. The highest BCUT2D eigenvalue weighted by Crippen LogP contribution is 2.38. The van der Waals surface area contributed by atoms with Crippen LogP contribution in [0.5, 0.6) is 0 Å². The van der Waals surface area contributed by atoms with Crippen molar-refractivity contribution >= 4 is 53.5 Å². The number of halogens is 3. The molecule has 19 heavy (non-hydrogen) atoms. The van der Waals surface area contributed by atoms with Gasteiger partial charge in [0.15, 0.2) is 0 Å². The fourth-order valence-corrected chi connectivity index (χ4v) is 5.29. The van der Waals surface area contributed by atoms with Crippen LogP contribution in [-0.2, 0) is 0 Å². The molecular formula is C14H19Br3N2. The summed E-state index contributed by atoms with van der Waals surface area (Å²) in [5.41, 5.74) is 1.27. The van der Waals surface area contributed by atoms with Crippen molar-refractivity contribution in [3.63, 3.8) is 0 Å². The summed E-state index contributed by atoms with van der Waals surface area (Å²) in [4.78, 5) is 2.47. The van der Waals surface area contributed by atoms with Crippen LogP contribution in [0.1, 0.15) is 26.2 Å². The van der Waals surface area contributed by atoms with Gasteiger partial charge in [-0.3, -0.25) is 0 Å². The van der Waals surface area contributed by atoms with Crippen LogP contribution in [0.4, 0.5) is 5.69 Å². The number of benzene rings is 1. The number of hydrogen-bond acceptors (Lipinski definition) is 2. The van der Waals surface area contributed by atoms with Crippen LogP contribution in [0.2, 0.25) is 0 Å². The van der Waals surface area contributed by atoms with Crippen LogP contribution in [-0.4, -0.2) is 25.7 Å². The molecule has 1 aromatic rings. The van der Waals surface area contributed by atoms with Gasteiger partial charge in [-0.2, -0.15) is 0 Å². The number of piperidine rings is 1. The maximum Gasteiger partial charge on any atom is 0.0656 e. The molecular weight excluding hydrogens is 436 g/mol. The zero-order chi connectivity index (χ0) is 13.8. The number of hydrogen-bond donors (Lipinski definition) is 1. The second-order valence-corrected chi connectivity index (χ2v) is 7.58. The van der Waals surface area contributed by atoms with E-state index in [1.165, 1.54) is 24.9 Å². The second-order valence-electron chi connectivity index (χ2n) is 4.96. The van der Waals surface area contributed by atoms with Crippen molar-refractivity contribution in [1.82, 2.24) is 5.32 Å². The summed E-state index contributed by atoms with van der Waals surface area (Å²) in [5.74, 6) is 0. The Balaban J connectivity index is 2.13. The first-order valence-electron chi connectivity index (χ1n) is 6.74. The molecule has 0 aromatic heterocycles. The van der Waals surface area contributed by atoms with Gasteiger partial charge < -0.3 is 10.2 Å². The van der Waals surface area contributed by atoms with E-state index in [1.807, 2.05) is 0 Å². The van der Waals surface area contributed by atoms with E-state index in [1.54, 1.807) is 0 Å². The molecule has 1 N–H and O–H groups in total. The highest BCUT2D eigenvalue weighted by Gasteiger charge is 2.22. The van der Waals surface area contributed by atoms with E-state index in [0.717, 1.165) is 33.1 Å². The number of anilines is 1. The summed E-state index contributed by atoms with van der Waals surface area (Å²) >= 11 is 10.9. The summed E-state index contributed by atoms with van der Waals surface area (Å²) in [5, 5.41) is 3.64. The molecule has 1 fully saturated rings. The summed E-state index contributed by atoms with van der Waals surface area (Å²) in [6.45, 7) is 5.54. The van der Waals surface area contributed by atoms with Crippen molar-refractivity contribution < 1.29 is 0 Å². The molecule has 2 rings (SSSR count). The second kappa shape index (κ2) is 7.43. The molecule has 0 amide bonds. The Morgan fingerprint density at radius 2 is 1.95 bits per heavy atom. The summed E-state index contributed by atoms with van der Waals surface area (Å²) in [6.07, 6.45) is 3.72. The lowest BCUT2D eigenvalue weighted by atomic mass is 10.0. The van der Waals surface area contributed by atoms with Crippen LogP contribution < -0.4 is 10.2 Å². The molecule has 1 saturated heterocycles. The third-order valence-electron chi connectivity index (χ3n) is 3.40. The molecule has 5 heteroatoms. The van der Waals surface area contributed by atoms with Gasteiger partial charge in [-0.25, -0.2) is 0 Å². The van der Waals surface area contributed by atoms with Crippen molar-refractivity contribution in [3.05, 3.63) is 25.6 Å². The number of nitrogens with zero attached hydrogens (tertiary/aromatic N) is 1. The van der Waals surface area contributed by atoms with E-state index >= 15 is 0 Å². The minimum Gasteiger partial charge on any atom is -0.368 e. The number of rotatable bonds is 4. The molecule has 1 atom stereocenters. The lowest BCUT2D eigenvalue weighted by Crippen LogP contribution is -2.46. The highest BCUT2D eigenvalue weighted by molar-refractivity contribution is 9.11. The molecule has 2 nitrogen and oxygen atoms in total. The summed E-state index contributed by atoms with van der Waals surface area (Å²) < 4.78 is 3.38. The molecule has 1 aromatic carbocycles. The predicted octanol–water partition coefficient (Wildman–Crippen LogP) is 4.94. The van der Waals surface area contributed by atoms with E-state index in [4.69, 9.17) is 0 Å². The van der Waals surface area contributed by atoms with Crippen LogP contribution in [0.25, 0.3) is 0 Å². The molecule has 1 aliphatic rings. The lowest BCUT2D eigenvalue weighted by Gasteiger charge is -2.36. The highest BCUT2D eigenvalue weighted by atomic mass is 79.9. The molecule has 0 spiro atoms. The molecule has 1 heterocycles. The van der Waals surface area contributed by atoms with E-state index < -0.39 is 0 Å². The van der Waals surface area contributed by atoms with Crippen molar-refractivity contribution in [1.29, 1.82) is 0 Å². The molecule has 0 radical (unpaired) electrons. The first kappa shape index (κ1) is 15.8. The Hall–Kier alpha value is 0.420. The molecule has 0 aliphatic carbocycles. The minimum absolute atomic E-state index is 0.608. The zero-order valence-corrected chi connectivity index (χ0v) is 15.8. The van der Waals surface area contributed by atoms with Gasteiger partial charge in [0.25, 0.3) is 0 Å². The fraction of sp³-hybridized carbons (Fsp3) is 0.571. The standard InChI is InChI=1S/C14H19Br3N2/c1-2-5-18-11-4-3-6-19(9-11)14-12(16)7-10(15)8-13(14)17/h7-8,11,18H,2-6,9H2,1H3. The molecule has 0 saturated carbocycles. The van der Waals surface area contributed by atoms with Gasteiger partial charge in [-0.05, 0) is 69.8 Å². The monoisotopic (exact) mass is 452 g/mol. The Morgan fingerprint density at radius 3 is 2.58 bits per heavy atom. The zero-order valence-electron chi connectivity index (χ0n) is 11.1. The topological polar surface area (TPSA) is 15.3 Å². The maximum atomic E-state index is 3.68. The Bertz CT molecular complexity index is 414. The van der Waals surface area contributed by atoms with Gasteiger partial charge in [0.2, 0.25) is 0 Å². The third kappa shape index (κ3) is 4.19. The Morgan fingerprint density at radius 1 is 1.26 bits per heavy atom. The average Bonchev–Trinajstić information content (AvgIpc) is 2.35. The van der Waals surface area contributed by atoms with Crippen LogP contribution in [0.3, 0.4) is 0 Å². The number of nitrogens with one attached hydrogen (secondary N) is 1. The molecule has 106 valence electrons. The maximum absolute atomic E-state index is 3.68. The van der Waals surface area contributed by atoms with E-state index in [2.05, 4.69) is 77.1 Å². The molecule has 0 bridgehead atoms. The quantitative estimate of drug-likeness (QED) is 0.693. The summed E-state index contributed by atoms with van der Waals surface area (Å²) in [7, 11) is 0. The SMILES string of the molecule is CCCNC1CCCN(c2c(Br)cc(Br)cc2Br)C1. The van der Waals surface area contributed by atoms with Gasteiger partial charge in [-0.15, -0.1) is 0 Å². The van der Waals surface area contributed by atoms with Crippen LogP contribution in [0, 0.1) is 0 Å². The Kier molecular flexibility index (Phi) is 6.18. The van der Waals surface area contributed by atoms with Gasteiger partial charge in [-0.1, -0.05) is 22.9 Å². The Labute approximate surface area is 140 Å². The van der Waals surface area contributed by atoms with Crippen molar-refractivity contribution in [2.24, 2.45) is 0 Å². The van der Waals surface area contributed by atoms with Crippen molar-refractivity contribution in [2.45, 2.75) is 32.2 Å². The largest absolute Gasteiger partial charge is 0.368 e. The normalized spacial score (nSPS) is 19.8. The van der Waals surface area contributed by atoms with Gasteiger partial charge in [0.05, 0.1) is 5.69 Å². The van der Waals surface area contributed by atoms with Gasteiger partial charge in [0.1, 0.15) is 0 Å². The average molecular weight is 455 g/mol. The third-order valence-corrected chi connectivity index (χ3v) is 5.07. The predicted molar refractivity (Wildman–Crippen MR) is 93.1 cm³/mol. The van der Waals surface area contributed by atoms with Crippen molar-refractivity contribution in [3.8, 4) is 0 Å². The van der Waals surface area contributed by atoms with Crippen LogP contribution in [0.15, 0.2) is 25.6 Å². The minimum atomic E-state index is 0.608.